The highest BCUT2D eigenvalue weighted by Crippen LogP contribution is 2.15. The molecule has 0 fully saturated rings. The van der Waals surface area contributed by atoms with Crippen molar-refractivity contribution in [3.05, 3.63) is 58.7 Å². The summed E-state index contributed by atoms with van der Waals surface area (Å²) in [6, 6.07) is 8.19. The fourth-order valence-electron chi connectivity index (χ4n) is 1.96. The fourth-order valence-corrected chi connectivity index (χ4v) is 1.96. The van der Waals surface area contributed by atoms with Crippen molar-refractivity contribution in [2.24, 2.45) is 0 Å². The predicted octanol–water partition coefficient (Wildman–Crippen LogP) is 4.98. The molecule has 0 radical (unpaired) electrons. The summed E-state index contributed by atoms with van der Waals surface area (Å²) in [7, 11) is 0. The Balaban J connectivity index is 2.55. The molecule has 1 nitrogen and oxygen atoms in total. The molecule has 0 aliphatic rings. The summed E-state index contributed by atoms with van der Waals surface area (Å²) in [6.07, 6.45) is 7.38. The molecule has 0 amide bonds. The molecule has 1 aromatic rings. The maximum absolute atomic E-state index is 9.57. The highest BCUT2D eigenvalue weighted by Gasteiger charge is 2.00. The maximum atomic E-state index is 9.57. The molecule has 0 aliphatic heterocycles. The van der Waals surface area contributed by atoms with Gasteiger partial charge in [-0.25, -0.2) is 0 Å². The second-order valence-corrected chi connectivity index (χ2v) is 5.50. The molecule has 0 saturated heterocycles. The first-order valence-electron chi connectivity index (χ1n) is 7.05. The molecule has 1 heteroatoms. The van der Waals surface area contributed by atoms with Crippen LogP contribution < -0.4 is 0 Å². The van der Waals surface area contributed by atoms with Crippen LogP contribution in [-0.2, 0) is 6.42 Å². The molecule has 1 unspecified atom stereocenters. The van der Waals surface area contributed by atoms with Crippen molar-refractivity contribution in [1.82, 2.24) is 0 Å². The van der Waals surface area contributed by atoms with E-state index in [4.69, 9.17) is 0 Å². The van der Waals surface area contributed by atoms with Gasteiger partial charge in [-0.15, -0.1) is 0 Å². The van der Waals surface area contributed by atoms with Crippen LogP contribution in [0.15, 0.2) is 47.6 Å². The monoisotopic (exact) mass is 258 g/mol. The Hall–Kier alpha value is -1.34. The Morgan fingerprint density at radius 3 is 2.58 bits per heavy atom. The Morgan fingerprint density at radius 2 is 1.95 bits per heavy atom. The van der Waals surface area contributed by atoms with Crippen LogP contribution in [0.3, 0.4) is 0 Å². The fraction of sp³-hybridized carbons (Fsp3) is 0.444. The van der Waals surface area contributed by atoms with Gasteiger partial charge in [0.15, 0.2) is 0 Å². The quantitative estimate of drug-likeness (QED) is 0.714. The van der Waals surface area contributed by atoms with Gasteiger partial charge in [0.1, 0.15) is 0 Å². The van der Waals surface area contributed by atoms with Crippen LogP contribution in [0.1, 0.15) is 57.8 Å². The largest absolute Gasteiger partial charge is 0.389 e. The Morgan fingerprint density at radius 1 is 1.21 bits per heavy atom. The summed E-state index contributed by atoms with van der Waals surface area (Å²) < 4.78 is 0. The van der Waals surface area contributed by atoms with E-state index in [1.807, 2.05) is 12.1 Å². The van der Waals surface area contributed by atoms with Crippen LogP contribution in [0.2, 0.25) is 0 Å². The van der Waals surface area contributed by atoms with Gasteiger partial charge in [0.2, 0.25) is 0 Å². The summed E-state index contributed by atoms with van der Waals surface area (Å²) >= 11 is 0. The number of rotatable bonds is 6. The molecule has 1 rings (SSSR count). The van der Waals surface area contributed by atoms with Gasteiger partial charge >= 0.3 is 0 Å². The third-order valence-electron chi connectivity index (χ3n) is 3.21. The van der Waals surface area contributed by atoms with Crippen molar-refractivity contribution in [1.29, 1.82) is 0 Å². The molecule has 0 spiro atoms. The van der Waals surface area contributed by atoms with E-state index < -0.39 is 0 Å². The van der Waals surface area contributed by atoms with Gasteiger partial charge < -0.3 is 5.11 Å². The molecule has 0 aromatic heterocycles. The Kier molecular flexibility index (Phi) is 6.58. The van der Waals surface area contributed by atoms with E-state index in [9.17, 15) is 5.11 Å². The van der Waals surface area contributed by atoms with Crippen molar-refractivity contribution >= 4 is 0 Å². The molecule has 0 heterocycles. The van der Waals surface area contributed by atoms with E-state index in [-0.39, 0.29) is 6.10 Å². The SMILES string of the molecule is CC(C)=CCC/C(C)=C/Cc1cccc(C(C)O)c1. The lowest BCUT2D eigenvalue weighted by atomic mass is 10.0. The second-order valence-electron chi connectivity index (χ2n) is 5.50. The zero-order valence-electron chi connectivity index (χ0n) is 12.6. The minimum absolute atomic E-state index is 0.386. The number of benzene rings is 1. The van der Waals surface area contributed by atoms with Crippen molar-refractivity contribution in [3.8, 4) is 0 Å². The van der Waals surface area contributed by atoms with E-state index in [1.165, 1.54) is 16.7 Å². The number of hydrogen-bond donors (Lipinski definition) is 1. The van der Waals surface area contributed by atoms with E-state index in [0.29, 0.717) is 0 Å². The van der Waals surface area contributed by atoms with Gasteiger partial charge in [0.25, 0.3) is 0 Å². The lowest BCUT2D eigenvalue weighted by Gasteiger charge is -2.06. The highest BCUT2D eigenvalue weighted by atomic mass is 16.3. The lowest BCUT2D eigenvalue weighted by Crippen LogP contribution is -1.92. The molecule has 1 aromatic carbocycles. The van der Waals surface area contributed by atoms with Gasteiger partial charge in [-0.1, -0.05) is 47.6 Å². The summed E-state index contributed by atoms with van der Waals surface area (Å²) in [4.78, 5) is 0. The number of hydrogen-bond acceptors (Lipinski definition) is 1. The van der Waals surface area contributed by atoms with E-state index in [2.05, 4.69) is 45.1 Å². The molecular formula is C18H26O. The summed E-state index contributed by atoms with van der Waals surface area (Å²) in [5.74, 6) is 0. The van der Waals surface area contributed by atoms with Gasteiger partial charge in [0, 0.05) is 0 Å². The first kappa shape index (κ1) is 15.7. The number of allylic oxidation sites excluding steroid dienone is 4. The van der Waals surface area contributed by atoms with Gasteiger partial charge in [0.05, 0.1) is 6.10 Å². The molecule has 0 aliphatic carbocycles. The predicted molar refractivity (Wildman–Crippen MR) is 83.2 cm³/mol. The van der Waals surface area contributed by atoms with Crippen LogP contribution in [-0.4, -0.2) is 5.11 Å². The van der Waals surface area contributed by atoms with E-state index in [1.54, 1.807) is 6.92 Å². The molecule has 1 atom stereocenters. The molecule has 0 saturated carbocycles. The smallest absolute Gasteiger partial charge is 0.0762 e. The standard InChI is InChI=1S/C18H26O/c1-14(2)7-5-8-15(3)11-12-17-9-6-10-18(13-17)16(4)19/h6-7,9-11,13,16,19H,5,8,12H2,1-4H3/b15-11+. The zero-order valence-corrected chi connectivity index (χ0v) is 12.6. The molecule has 0 bridgehead atoms. The summed E-state index contributed by atoms with van der Waals surface area (Å²) in [6.45, 7) is 8.28. The Labute approximate surface area is 117 Å². The van der Waals surface area contributed by atoms with E-state index >= 15 is 0 Å². The molecule has 1 N–H and O–H groups in total. The highest BCUT2D eigenvalue weighted by molar-refractivity contribution is 5.27. The van der Waals surface area contributed by atoms with Gasteiger partial charge in [-0.2, -0.15) is 0 Å². The van der Waals surface area contributed by atoms with Crippen molar-refractivity contribution < 1.29 is 5.11 Å². The van der Waals surface area contributed by atoms with Crippen LogP contribution in [0.25, 0.3) is 0 Å². The molecule has 19 heavy (non-hydrogen) atoms. The second kappa shape index (κ2) is 7.96. The number of aliphatic hydroxyl groups excluding tert-OH is 1. The topological polar surface area (TPSA) is 20.2 Å². The summed E-state index contributed by atoms with van der Waals surface area (Å²) in [5, 5.41) is 9.57. The number of aliphatic hydroxyl groups is 1. The van der Waals surface area contributed by atoms with Crippen LogP contribution in [0.5, 0.6) is 0 Å². The zero-order chi connectivity index (χ0) is 14.3. The molecule has 104 valence electrons. The first-order chi connectivity index (χ1) is 8.99. The van der Waals surface area contributed by atoms with Crippen LogP contribution >= 0.6 is 0 Å². The van der Waals surface area contributed by atoms with Crippen LogP contribution in [0, 0.1) is 0 Å². The average Bonchev–Trinajstić information content (AvgIpc) is 2.36. The summed E-state index contributed by atoms with van der Waals surface area (Å²) in [5.41, 5.74) is 5.07. The van der Waals surface area contributed by atoms with E-state index in [0.717, 1.165) is 24.8 Å². The minimum atomic E-state index is -0.386. The maximum Gasteiger partial charge on any atom is 0.0762 e. The lowest BCUT2D eigenvalue weighted by molar-refractivity contribution is 0.199. The third kappa shape index (κ3) is 6.40. The van der Waals surface area contributed by atoms with Gasteiger partial charge in [-0.05, 0) is 58.1 Å². The molecular weight excluding hydrogens is 232 g/mol. The van der Waals surface area contributed by atoms with Crippen molar-refractivity contribution in [2.75, 3.05) is 0 Å². The normalized spacial score (nSPS) is 13.2. The van der Waals surface area contributed by atoms with Gasteiger partial charge in [-0.3, -0.25) is 0 Å². The third-order valence-corrected chi connectivity index (χ3v) is 3.21. The van der Waals surface area contributed by atoms with Crippen molar-refractivity contribution in [3.63, 3.8) is 0 Å². The Bertz CT molecular complexity index is 449. The average molecular weight is 258 g/mol. The van der Waals surface area contributed by atoms with Crippen molar-refractivity contribution in [2.45, 2.75) is 53.1 Å². The van der Waals surface area contributed by atoms with Crippen LogP contribution in [0.4, 0.5) is 0 Å². The first-order valence-corrected chi connectivity index (χ1v) is 7.05. The minimum Gasteiger partial charge on any atom is -0.389 e.